The zero-order valence-corrected chi connectivity index (χ0v) is 15.5. The molecule has 5 rings (SSSR count). The number of halogens is 1. The van der Waals surface area contributed by atoms with Crippen LogP contribution in [0.5, 0.6) is 0 Å². The van der Waals surface area contributed by atoms with Crippen molar-refractivity contribution in [2.75, 3.05) is 13.1 Å². The monoisotopic (exact) mass is 365 g/mol. The minimum absolute atomic E-state index is 0.284. The topological polar surface area (TPSA) is 41.3 Å². The van der Waals surface area contributed by atoms with E-state index in [-0.39, 0.29) is 5.82 Å². The fraction of sp³-hybridized carbons (Fsp3) is 0.409. The van der Waals surface area contributed by atoms with Crippen molar-refractivity contribution in [3.63, 3.8) is 0 Å². The van der Waals surface area contributed by atoms with E-state index in [2.05, 4.69) is 22.5 Å². The summed E-state index contributed by atoms with van der Waals surface area (Å²) in [7, 11) is 0. The smallest absolute Gasteiger partial charge is 0.140 e. The minimum Gasteiger partial charge on any atom is -0.387 e. The second-order valence-electron chi connectivity index (χ2n) is 7.87. The summed E-state index contributed by atoms with van der Waals surface area (Å²) in [5, 5.41) is 12.0. The third kappa shape index (κ3) is 2.77. The second-order valence-corrected chi connectivity index (χ2v) is 7.87. The first kappa shape index (κ1) is 16.9. The van der Waals surface area contributed by atoms with Crippen LogP contribution in [0.15, 0.2) is 36.5 Å². The molecule has 140 valence electrons. The van der Waals surface area contributed by atoms with Crippen LogP contribution < -0.4 is 0 Å². The van der Waals surface area contributed by atoms with E-state index in [1.807, 2.05) is 6.20 Å². The van der Waals surface area contributed by atoms with Crippen LogP contribution in [0.2, 0.25) is 0 Å². The Morgan fingerprint density at radius 3 is 2.89 bits per heavy atom. The SMILES string of the molecule is Cc1cnc2c(c1)c1c(n2CC(O)c2ccc(F)cc2)CCN2CCCC12. The van der Waals surface area contributed by atoms with Crippen LogP contribution in [0.4, 0.5) is 4.39 Å². The summed E-state index contributed by atoms with van der Waals surface area (Å²) in [5.41, 5.74) is 5.58. The van der Waals surface area contributed by atoms with Crippen molar-refractivity contribution in [2.24, 2.45) is 0 Å². The maximum Gasteiger partial charge on any atom is 0.140 e. The highest BCUT2D eigenvalue weighted by atomic mass is 19.1. The fourth-order valence-corrected chi connectivity index (χ4v) is 4.88. The predicted octanol–water partition coefficient (Wildman–Crippen LogP) is 3.91. The molecule has 2 aliphatic heterocycles. The van der Waals surface area contributed by atoms with Crippen molar-refractivity contribution in [3.8, 4) is 0 Å². The molecule has 1 fully saturated rings. The highest BCUT2D eigenvalue weighted by molar-refractivity contribution is 5.84. The zero-order chi connectivity index (χ0) is 18.5. The summed E-state index contributed by atoms with van der Waals surface area (Å²) in [6, 6.07) is 8.84. The second kappa shape index (κ2) is 6.43. The number of hydrogen-bond donors (Lipinski definition) is 1. The Kier molecular flexibility index (Phi) is 4.02. The number of aliphatic hydroxyl groups excluding tert-OH is 1. The van der Waals surface area contributed by atoms with Gasteiger partial charge < -0.3 is 9.67 Å². The molecule has 2 atom stereocenters. The van der Waals surface area contributed by atoms with Crippen molar-refractivity contribution in [2.45, 2.75) is 44.9 Å². The maximum atomic E-state index is 13.2. The van der Waals surface area contributed by atoms with Crippen LogP contribution in [0.3, 0.4) is 0 Å². The maximum absolute atomic E-state index is 13.2. The molecule has 2 aliphatic rings. The van der Waals surface area contributed by atoms with Crippen molar-refractivity contribution in [3.05, 3.63) is 64.7 Å². The zero-order valence-electron chi connectivity index (χ0n) is 15.5. The Morgan fingerprint density at radius 2 is 2.07 bits per heavy atom. The van der Waals surface area contributed by atoms with E-state index in [0.29, 0.717) is 12.6 Å². The van der Waals surface area contributed by atoms with Gasteiger partial charge in [0.1, 0.15) is 11.5 Å². The summed E-state index contributed by atoms with van der Waals surface area (Å²) in [6.07, 6.45) is 4.64. The van der Waals surface area contributed by atoms with Crippen LogP contribution in [0.1, 0.15) is 47.4 Å². The molecule has 0 saturated carbocycles. The molecule has 0 bridgehead atoms. The number of nitrogens with zero attached hydrogens (tertiary/aromatic N) is 3. The molecule has 0 amide bonds. The van der Waals surface area contributed by atoms with E-state index in [1.54, 1.807) is 12.1 Å². The van der Waals surface area contributed by atoms with Gasteiger partial charge in [-0.15, -0.1) is 0 Å². The molecule has 27 heavy (non-hydrogen) atoms. The molecular weight excluding hydrogens is 341 g/mol. The lowest BCUT2D eigenvalue weighted by atomic mass is 9.96. The van der Waals surface area contributed by atoms with Gasteiger partial charge in [0.05, 0.1) is 12.6 Å². The summed E-state index contributed by atoms with van der Waals surface area (Å²) in [5.74, 6) is -0.284. The first-order valence-electron chi connectivity index (χ1n) is 9.77. The Balaban J connectivity index is 1.61. The average Bonchev–Trinajstić information content (AvgIpc) is 3.25. The van der Waals surface area contributed by atoms with Gasteiger partial charge in [0, 0.05) is 36.3 Å². The lowest BCUT2D eigenvalue weighted by molar-refractivity contribution is 0.155. The van der Waals surface area contributed by atoms with Crippen molar-refractivity contribution in [1.29, 1.82) is 0 Å². The van der Waals surface area contributed by atoms with E-state index in [4.69, 9.17) is 4.98 Å². The average molecular weight is 365 g/mol. The van der Waals surface area contributed by atoms with Gasteiger partial charge >= 0.3 is 0 Å². The van der Waals surface area contributed by atoms with Gasteiger partial charge in [-0.3, -0.25) is 4.90 Å². The lowest BCUT2D eigenvalue weighted by Crippen LogP contribution is -2.31. The normalized spacial score (nSPS) is 20.6. The summed E-state index contributed by atoms with van der Waals surface area (Å²) in [4.78, 5) is 7.32. The Morgan fingerprint density at radius 1 is 1.26 bits per heavy atom. The molecule has 0 spiro atoms. The van der Waals surface area contributed by atoms with Crippen molar-refractivity contribution < 1.29 is 9.50 Å². The lowest BCUT2D eigenvalue weighted by Gasteiger charge is -2.31. The molecule has 2 unspecified atom stereocenters. The number of fused-ring (bicyclic) bond motifs is 5. The minimum atomic E-state index is -0.685. The van der Waals surface area contributed by atoms with Crippen LogP contribution >= 0.6 is 0 Å². The molecule has 1 saturated heterocycles. The first-order valence-corrected chi connectivity index (χ1v) is 9.77. The molecule has 2 aromatic heterocycles. The standard InChI is InChI=1S/C22H24FN3O/c1-14-11-17-21-18-3-2-9-25(18)10-8-19(21)26(22(17)24-12-14)13-20(27)15-4-6-16(23)7-5-15/h4-7,11-12,18,20,27H,2-3,8-10,13H2,1H3. The number of pyridine rings is 1. The van der Waals surface area contributed by atoms with Crippen LogP contribution in [0, 0.1) is 12.7 Å². The third-order valence-electron chi connectivity index (χ3n) is 6.13. The molecule has 5 heteroatoms. The Labute approximate surface area is 158 Å². The van der Waals surface area contributed by atoms with Gasteiger partial charge in [-0.25, -0.2) is 9.37 Å². The third-order valence-corrected chi connectivity index (χ3v) is 6.13. The molecule has 0 aliphatic carbocycles. The largest absolute Gasteiger partial charge is 0.387 e. The highest BCUT2D eigenvalue weighted by Crippen LogP contribution is 2.43. The highest BCUT2D eigenvalue weighted by Gasteiger charge is 2.35. The van der Waals surface area contributed by atoms with E-state index < -0.39 is 6.10 Å². The van der Waals surface area contributed by atoms with E-state index in [1.165, 1.54) is 48.2 Å². The number of hydrogen-bond acceptors (Lipinski definition) is 3. The van der Waals surface area contributed by atoms with Gasteiger partial charge in [-0.05, 0) is 61.2 Å². The molecule has 3 aromatic rings. The summed E-state index contributed by atoms with van der Waals surface area (Å²) < 4.78 is 15.4. The van der Waals surface area contributed by atoms with Crippen LogP contribution in [-0.4, -0.2) is 32.6 Å². The van der Waals surface area contributed by atoms with Crippen LogP contribution in [-0.2, 0) is 13.0 Å². The number of aromatic nitrogens is 2. The van der Waals surface area contributed by atoms with Crippen molar-refractivity contribution >= 4 is 11.0 Å². The quantitative estimate of drug-likeness (QED) is 0.765. The number of benzene rings is 1. The van der Waals surface area contributed by atoms with Gasteiger partial charge in [0.25, 0.3) is 0 Å². The van der Waals surface area contributed by atoms with E-state index >= 15 is 0 Å². The number of rotatable bonds is 3. The molecule has 0 radical (unpaired) electrons. The summed E-state index contributed by atoms with van der Waals surface area (Å²) in [6.45, 7) is 4.77. The van der Waals surface area contributed by atoms with Gasteiger partial charge in [0.2, 0.25) is 0 Å². The van der Waals surface area contributed by atoms with Crippen molar-refractivity contribution in [1.82, 2.24) is 14.5 Å². The molecule has 1 N–H and O–H groups in total. The number of aryl methyl sites for hydroxylation is 1. The fourth-order valence-electron chi connectivity index (χ4n) is 4.88. The van der Waals surface area contributed by atoms with E-state index in [9.17, 15) is 9.50 Å². The molecular formula is C22H24FN3O. The Hall–Kier alpha value is -2.24. The summed E-state index contributed by atoms with van der Waals surface area (Å²) >= 11 is 0. The number of aliphatic hydroxyl groups is 1. The van der Waals surface area contributed by atoms with Gasteiger partial charge in [-0.2, -0.15) is 0 Å². The van der Waals surface area contributed by atoms with Crippen LogP contribution in [0.25, 0.3) is 11.0 Å². The van der Waals surface area contributed by atoms with Gasteiger partial charge in [0.15, 0.2) is 0 Å². The first-order chi connectivity index (χ1) is 13.1. The van der Waals surface area contributed by atoms with E-state index in [0.717, 1.165) is 29.7 Å². The van der Waals surface area contributed by atoms with Gasteiger partial charge in [-0.1, -0.05) is 12.1 Å². The molecule has 4 nitrogen and oxygen atoms in total. The Bertz CT molecular complexity index is 995. The predicted molar refractivity (Wildman–Crippen MR) is 103 cm³/mol. The molecule has 1 aromatic carbocycles. The molecule has 4 heterocycles.